The molecule has 2 unspecified atom stereocenters. The predicted molar refractivity (Wildman–Crippen MR) is 93.9 cm³/mol. The first-order chi connectivity index (χ1) is 10.1. The molecule has 2 rings (SSSR count). The highest BCUT2D eigenvalue weighted by molar-refractivity contribution is 5.85. The van der Waals surface area contributed by atoms with Gasteiger partial charge in [0.15, 0.2) is 0 Å². The van der Waals surface area contributed by atoms with Crippen LogP contribution in [-0.4, -0.2) is 22.9 Å². The maximum Gasteiger partial charge on any atom is 0.223 e. The molecule has 1 aromatic rings. The van der Waals surface area contributed by atoms with Gasteiger partial charge in [-0.1, -0.05) is 43.2 Å². The van der Waals surface area contributed by atoms with E-state index in [1.54, 1.807) is 0 Å². The minimum Gasteiger partial charge on any atom is -0.336 e. The first-order valence-electron chi connectivity index (χ1n) is 8.17. The number of benzene rings is 1. The number of rotatable bonds is 5. The lowest BCUT2D eigenvalue weighted by atomic mass is 9.82. The summed E-state index contributed by atoms with van der Waals surface area (Å²) in [5.41, 5.74) is 7.37. The van der Waals surface area contributed by atoms with Gasteiger partial charge in [0.25, 0.3) is 0 Å². The zero-order valence-corrected chi connectivity index (χ0v) is 14.5. The Hall–Kier alpha value is -1.06. The monoisotopic (exact) mass is 324 g/mol. The van der Waals surface area contributed by atoms with Crippen LogP contribution in [0.2, 0.25) is 0 Å². The smallest absolute Gasteiger partial charge is 0.223 e. The van der Waals surface area contributed by atoms with Gasteiger partial charge >= 0.3 is 0 Å². The fourth-order valence-electron chi connectivity index (χ4n) is 3.17. The summed E-state index contributed by atoms with van der Waals surface area (Å²) in [7, 11) is 0. The molecule has 1 saturated carbocycles. The summed E-state index contributed by atoms with van der Waals surface area (Å²) in [6.07, 6.45) is 5.20. The van der Waals surface area contributed by atoms with Gasteiger partial charge in [0.05, 0.1) is 0 Å². The van der Waals surface area contributed by atoms with Gasteiger partial charge in [0.1, 0.15) is 0 Å². The summed E-state index contributed by atoms with van der Waals surface area (Å²) >= 11 is 0. The summed E-state index contributed by atoms with van der Waals surface area (Å²) in [5, 5.41) is 0. The molecule has 0 heterocycles. The van der Waals surface area contributed by atoms with Crippen molar-refractivity contribution < 1.29 is 4.79 Å². The van der Waals surface area contributed by atoms with E-state index in [4.69, 9.17) is 5.73 Å². The number of hydrogen-bond donors (Lipinski definition) is 1. The van der Waals surface area contributed by atoms with Crippen molar-refractivity contribution in [1.82, 2.24) is 4.90 Å². The van der Waals surface area contributed by atoms with E-state index in [0.29, 0.717) is 18.9 Å². The Labute approximate surface area is 140 Å². The van der Waals surface area contributed by atoms with E-state index < -0.39 is 0 Å². The van der Waals surface area contributed by atoms with Gasteiger partial charge in [-0.25, -0.2) is 0 Å². The molecule has 3 nitrogen and oxygen atoms in total. The number of carbonyl (C=O) groups is 1. The largest absolute Gasteiger partial charge is 0.336 e. The third-order valence-electron chi connectivity index (χ3n) is 4.54. The van der Waals surface area contributed by atoms with Crippen molar-refractivity contribution in [1.29, 1.82) is 0 Å². The van der Waals surface area contributed by atoms with Gasteiger partial charge in [-0.15, -0.1) is 12.4 Å². The molecule has 22 heavy (non-hydrogen) atoms. The maximum atomic E-state index is 12.7. The quantitative estimate of drug-likeness (QED) is 0.896. The van der Waals surface area contributed by atoms with E-state index in [0.717, 1.165) is 12.8 Å². The Bertz CT molecular complexity index is 450. The molecule has 0 spiro atoms. The molecular weight excluding hydrogens is 296 g/mol. The van der Waals surface area contributed by atoms with Crippen LogP contribution in [0.4, 0.5) is 0 Å². The van der Waals surface area contributed by atoms with Crippen LogP contribution in [0.5, 0.6) is 0 Å². The van der Waals surface area contributed by atoms with Crippen LogP contribution in [0.15, 0.2) is 30.3 Å². The molecule has 1 fully saturated rings. The maximum absolute atomic E-state index is 12.7. The summed E-state index contributed by atoms with van der Waals surface area (Å²) in [4.78, 5) is 14.7. The lowest BCUT2D eigenvalue weighted by Gasteiger charge is -2.32. The Morgan fingerprint density at radius 2 is 1.86 bits per heavy atom. The topological polar surface area (TPSA) is 46.3 Å². The normalized spacial score (nSPS) is 21.3. The lowest BCUT2D eigenvalue weighted by Crippen LogP contribution is -2.41. The first-order valence-corrected chi connectivity index (χ1v) is 8.17. The van der Waals surface area contributed by atoms with E-state index >= 15 is 0 Å². The number of nitrogens with two attached hydrogens (primary N) is 1. The van der Waals surface area contributed by atoms with Crippen molar-refractivity contribution in [3.05, 3.63) is 35.9 Å². The standard InChI is InChI=1S/C18H28N2O.ClH/c1-14(2)20(13-15-8-4-3-5-9-15)18(21)12-16-10-6-7-11-17(16)19;/h3-5,8-9,14,16-17H,6-7,10-13,19H2,1-2H3;1H. The summed E-state index contributed by atoms with van der Waals surface area (Å²) in [6, 6.07) is 10.6. The third-order valence-corrected chi connectivity index (χ3v) is 4.54. The Kier molecular flexibility index (Phi) is 7.91. The Morgan fingerprint density at radius 1 is 1.23 bits per heavy atom. The SMILES string of the molecule is CC(C)N(Cc1ccccc1)C(=O)CC1CCCCC1N.Cl. The Morgan fingerprint density at radius 3 is 2.45 bits per heavy atom. The van der Waals surface area contributed by atoms with Crippen molar-refractivity contribution >= 4 is 18.3 Å². The van der Waals surface area contributed by atoms with Crippen molar-refractivity contribution in [3.63, 3.8) is 0 Å². The highest BCUT2D eigenvalue weighted by atomic mass is 35.5. The van der Waals surface area contributed by atoms with Crippen LogP contribution in [0, 0.1) is 5.92 Å². The predicted octanol–water partition coefficient (Wildman–Crippen LogP) is 3.75. The van der Waals surface area contributed by atoms with E-state index in [2.05, 4.69) is 26.0 Å². The summed E-state index contributed by atoms with van der Waals surface area (Å²) < 4.78 is 0. The van der Waals surface area contributed by atoms with Gasteiger partial charge in [0.2, 0.25) is 5.91 Å². The van der Waals surface area contributed by atoms with E-state index in [1.165, 1.54) is 18.4 Å². The average molecular weight is 325 g/mol. The molecule has 0 radical (unpaired) electrons. The molecule has 0 aromatic heterocycles. The zero-order valence-electron chi connectivity index (χ0n) is 13.7. The molecule has 1 aliphatic carbocycles. The molecule has 2 N–H and O–H groups in total. The lowest BCUT2D eigenvalue weighted by molar-refractivity contribution is -0.135. The van der Waals surface area contributed by atoms with Gasteiger partial charge < -0.3 is 10.6 Å². The molecule has 1 aromatic carbocycles. The summed E-state index contributed by atoms with van der Waals surface area (Å²) in [6.45, 7) is 4.86. The minimum atomic E-state index is 0. The fraction of sp³-hybridized carbons (Fsp3) is 0.611. The molecule has 4 heteroatoms. The van der Waals surface area contributed by atoms with Crippen LogP contribution in [0.25, 0.3) is 0 Å². The molecule has 0 aliphatic heterocycles. The number of hydrogen-bond acceptors (Lipinski definition) is 2. The van der Waals surface area contributed by atoms with E-state index in [9.17, 15) is 4.79 Å². The van der Waals surface area contributed by atoms with Crippen molar-refractivity contribution in [2.45, 2.75) is 64.6 Å². The molecule has 1 amide bonds. The fourth-order valence-corrected chi connectivity index (χ4v) is 3.17. The average Bonchev–Trinajstić information content (AvgIpc) is 2.48. The highest BCUT2D eigenvalue weighted by Gasteiger charge is 2.27. The molecule has 0 bridgehead atoms. The molecule has 1 aliphatic rings. The van der Waals surface area contributed by atoms with Gasteiger partial charge in [-0.05, 0) is 38.2 Å². The first kappa shape index (κ1) is 19.0. The van der Waals surface area contributed by atoms with Gasteiger partial charge in [-0.3, -0.25) is 4.79 Å². The number of carbonyl (C=O) groups excluding carboxylic acids is 1. The molecule has 0 saturated heterocycles. The van der Waals surface area contributed by atoms with Gasteiger partial charge in [-0.2, -0.15) is 0 Å². The second kappa shape index (κ2) is 9.16. The van der Waals surface area contributed by atoms with E-state index in [1.807, 2.05) is 23.1 Å². The van der Waals surface area contributed by atoms with Crippen LogP contribution in [0.3, 0.4) is 0 Å². The second-order valence-corrected chi connectivity index (χ2v) is 6.51. The second-order valence-electron chi connectivity index (χ2n) is 6.51. The molecule has 124 valence electrons. The van der Waals surface area contributed by atoms with Crippen molar-refractivity contribution in [2.24, 2.45) is 11.7 Å². The van der Waals surface area contributed by atoms with Gasteiger partial charge in [0, 0.05) is 25.0 Å². The van der Waals surface area contributed by atoms with Crippen LogP contribution >= 0.6 is 12.4 Å². The highest BCUT2D eigenvalue weighted by Crippen LogP contribution is 2.26. The molecular formula is C18H29ClN2O. The third kappa shape index (κ3) is 5.29. The van der Waals surface area contributed by atoms with Crippen molar-refractivity contribution in [2.75, 3.05) is 0 Å². The summed E-state index contributed by atoms with van der Waals surface area (Å²) in [5.74, 6) is 0.611. The number of nitrogens with zero attached hydrogens (tertiary/aromatic N) is 1. The Balaban J connectivity index is 0.00000242. The minimum absolute atomic E-state index is 0. The van der Waals surface area contributed by atoms with Crippen molar-refractivity contribution in [3.8, 4) is 0 Å². The number of amides is 1. The van der Waals surface area contributed by atoms with E-state index in [-0.39, 0.29) is 30.4 Å². The van der Waals surface area contributed by atoms with Crippen LogP contribution in [0.1, 0.15) is 51.5 Å². The molecule has 2 atom stereocenters. The number of halogens is 1. The van der Waals surface area contributed by atoms with Crippen LogP contribution in [-0.2, 0) is 11.3 Å². The zero-order chi connectivity index (χ0) is 15.2. The van der Waals surface area contributed by atoms with Crippen LogP contribution < -0.4 is 5.73 Å².